The Bertz CT molecular complexity index is 2150. The van der Waals surface area contributed by atoms with Crippen LogP contribution in [0.5, 0.6) is 11.5 Å². The van der Waals surface area contributed by atoms with Gasteiger partial charge in [-0.05, 0) is 55.0 Å². The van der Waals surface area contributed by atoms with Gasteiger partial charge in [-0.15, -0.1) is 32.9 Å². The maximum absolute atomic E-state index is 12.8. The lowest BCUT2D eigenvalue weighted by molar-refractivity contribution is 0.414. The number of nitrogens with zero attached hydrogens (tertiary/aromatic N) is 4. The number of aromatic nitrogens is 4. The number of fused-ring (bicyclic) bond motifs is 2. The molecule has 18 heteroatoms. The first-order chi connectivity index (χ1) is 24.2. The molecule has 0 aliphatic carbocycles. The summed E-state index contributed by atoms with van der Waals surface area (Å²) in [5, 5.41) is 20.6. The molecule has 0 spiro atoms. The molecule has 4 heterocycles. The van der Waals surface area contributed by atoms with Crippen LogP contribution in [0.25, 0.3) is 32.9 Å². The average molecular weight is 738 g/mol. The number of carbonyl (C=O) groups is 1. The Morgan fingerprint density at radius 3 is 1.88 bits per heavy atom. The predicted molar refractivity (Wildman–Crippen MR) is 206 cm³/mol. The first-order valence-corrected chi connectivity index (χ1v) is 16.8. The van der Waals surface area contributed by atoms with Gasteiger partial charge in [0.05, 0.1) is 53.0 Å². The molecule has 0 aliphatic rings. The Morgan fingerprint density at radius 1 is 0.843 bits per heavy atom. The van der Waals surface area contributed by atoms with E-state index in [1.54, 1.807) is 80.4 Å². The topological polar surface area (TPSA) is 181 Å². The van der Waals surface area contributed by atoms with Crippen LogP contribution in [-0.2, 0) is 4.79 Å². The van der Waals surface area contributed by atoms with E-state index in [1.807, 2.05) is 0 Å². The zero-order valence-corrected chi connectivity index (χ0v) is 28.9. The summed E-state index contributed by atoms with van der Waals surface area (Å²) in [5.74, 6) is 2.02. The zero-order valence-electron chi connectivity index (χ0n) is 27.3. The molecule has 0 aliphatic heterocycles. The molecule has 0 saturated heterocycles. The molecule has 6 rings (SSSR count). The summed E-state index contributed by atoms with van der Waals surface area (Å²) in [6, 6.07) is 13.8. The van der Waals surface area contributed by atoms with Crippen LogP contribution in [0.15, 0.2) is 68.9 Å². The molecule has 269 valence electrons. The lowest BCUT2D eigenvalue weighted by atomic mass is 9.99. The second-order valence-electron chi connectivity index (χ2n) is 10.1. The normalized spacial score (nSPS) is 10.2. The van der Waals surface area contributed by atoms with Crippen molar-refractivity contribution in [2.24, 2.45) is 0 Å². The predicted octanol–water partition coefficient (Wildman–Crippen LogP) is 5.68. The summed E-state index contributed by atoms with van der Waals surface area (Å²) >= 11 is 2.55. The van der Waals surface area contributed by atoms with Gasteiger partial charge in [0.1, 0.15) is 24.4 Å². The van der Waals surface area contributed by atoms with Crippen molar-refractivity contribution < 1.29 is 23.0 Å². The van der Waals surface area contributed by atoms with Crippen molar-refractivity contribution in [2.45, 2.75) is 20.8 Å². The number of nitrogens with two attached hydrogens (primary N) is 2. The zero-order chi connectivity index (χ0) is 36.2. The third kappa shape index (κ3) is 9.20. The van der Waals surface area contributed by atoms with Crippen LogP contribution < -0.4 is 42.6 Å². The minimum Gasteiger partial charge on any atom is -0.497 e. The summed E-state index contributed by atoms with van der Waals surface area (Å²) in [7, 11) is 4.35. The smallest absolute Gasteiger partial charge is 0.326 e. The fourth-order valence-electron chi connectivity index (χ4n) is 4.45. The van der Waals surface area contributed by atoms with Crippen LogP contribution in [0.3, 0.4) is 0 Å². The second kappa shape index (κ2) is 19.1. The van der Waals surface area contributed by atoms with Gasteiger partial charge in [0.25, 0.3) is 11.1 Å². The number of anilines is 4. The Kier molecular flexibility index (Phi) is 14.9. The van der Waals surface area contributed by atoms with Crippen molar-refractivity contribution in [1.29, 1.82) is 0 Å². The standard InChI is InChI=1S/C15H15FN4O2S.C14H12BN4O3S.C3H7F.CH4/c1-22-10-4-2-9(3-5-10)20-15(21)12-11(8-23-13(12)17)14(19-20)18-7-6-16;1-22-9-4-2-8(3-5-9)19-14(21)11-10(12(16)18-19)6-23-13(11)17-15-7-20;1-2-3-4;/h2-5,8H,6-7,17H2,1H3,(H,18,19);2-7,17H,1H3,(H2,16,18);2-3H2,1H3;1H4/i16-1;;4-1;. The van der Waals surface area contributed by atoms with Crippen molar-refractivity contribution in [1.82, 2.24) is 19.6 Å². The molecule has 2 aromatic carbocycles. The molecular formula is C33H38BF2N8O5S2. The summed E-state index contributed by atoms with van der Waals surface area (Å²) in [6.45, 7) is 1.20. The molecule has 13 nitrogen and oxygen atoms in total. The van der Waals surface area contributed by atoms with E-state index >= 15 is 0 Å². The molecule has 0 atom stereocenters. The van der Waals surface area contributed by atoms with Gasteiger partial charge < -0.3 is 36.3 Å². The molecule has 4 aromatic heterocycles. The molecular weight excluding hydrogens is 699 g/mol. The van der Waals surface area contributed by atoms with Gasteiger partial charge in [0.15, 0.2) is 11.6 Å². The van der Waals surface area contributed by atoms with Crippen molar-refractivity contribution in [3.8, 4) is 22.9 Å². The number of carbonyl (C=O) groups excluding carboxylic acids is 1. The number of thiophene rings is 2. The number of nitrogens with one attached hydrogen (secondary N) is 2. The second-order valence-corrected chi connectivity index (χ2v) is 11.8. The Morgan fingerprint density at radius 2 is 1.37 bits per heavy atom. The number of hydrogen-bond donors (Lipinski definition) is 4. The van der Waals surface area contributed by atoms with Crippen LogP contribution in [0.4, 0.5) is 30.4 Å². The highest BCUT2D eigenvalue weighted by molar-refractivity contribution is 7.17. The van der Waals surface area contributed by atoms with E-state index in [4.69, 9.17) is 20.9 Å². The third-order valence-electron chi connectivity index (χ3n) is 6.85. The fraction of sp³-hybridized carbons (Fsp3) is 0.242. The summed E-state index contributed by atoms with van der Waals surface area (Å²) in [6.07, 6.45) is 1.26. The summed E-state index contributed by atoms with van der Waals surface area (Å²) in [4.78, 5) is 35.9. The monoisotopic (exact) mass is 737 g/mol. The van der Waals surface area contributed by atoms with Crippen LogP contribution >= 0.6 is 22.7 Å². The highest BCUT2D eigenvalue weighted by Crippen LogP contribution is 2.31. The van der Waals surface area contributed by atoms with Gasteiger partial charge in [-0.1, -0.05) is 14.4 Å². The van der Waals surface area contributed by atoms with Gasteiger partial charge in [0.2, 0.25) is 0 Å². The molecule has 0 fully saturated rings. The van der Waals surface area contributed by atoms with Crippen molar-refractivity contribution in [3.63, 3.8) is 0 Å². The number of hydrogen-bond acceptors (Lipinski definition) is 13. The van der Waals surface area contributed by atoms with Gasteiger partial charge >= 0.3 is 7.41 Å². The largest absolute Gasteiger partial charge is 0.497 e. The number of rotatable bonds is 11. The van der Waals surface area contributed by atoms with E-state index in [0.29, 0.717) is 72.8 Å². The molecule has 0 unspecified atom stereocenters. The molecule has 1 radical (unpaired) electrons. The minimum atomic E-state index is -0.537. The van der Waals surface area contributed by atoms with E-state index < -0.39 is 6.67 Å². The molecule has 0 bridgehead atoms. The number of alkyl halides is 2. The van der Waals surface area contributed by atoms with Crippen LogP contribution in [0, 0.1) is 0 Å². The van der Waals surface area contributed by atoms with E-state index in [0.717, 1.165) is 0 Å². The van der Waals surface area contributed by atoms with Crippen LogP contribution in [-0.4, -0.2) is 67.3 Å². The molecule has 0 saturated carbocycles. The van der Waals surface area contributed by atoms with Gasteiger partial charge in [-0.2, -0.15) is 9.36 Å². The lowest BCUT2D eigenvalue weighted by Crippen LogP contribution is -2.23. The first-order valence-electron chi connectivity index (χ1n) is 15.0. The van der Waals surface area contributed by atoms with Gasteiger partial charge in [0, 0.05) is 28.1 Å². The maximum Gasteiger partial charge on any atom is 0.326 e. The van der Waals surface area contributed by atoms with Crippen LogP contribution in [0.1, 0.15) is 20.8 Å². The summed E-state index contributed by atoms with van der Waals surface area (Å²) in [5.41, 5.74) is 12.4. The highest BCUT2D eigenvalue weighted by atomic mass is 32.1. The van der Waals surface area contributed by atoms with Crippen molar-refractivity contribution in [2.75, 3.05) is 56.1 Å². The summed E-state index contributed by atoms with van der Waals surface area (Å²) < 4.78 is 35.9. The Labute approximate surface area is 301 Å². The fourth-order valence-corrected chi connectivity index (χ4v) is 6.17. The number of nitrogen functional groups attached to an aromatic ring is 2. The van der Waals surface area contributed by atoms with Crippen molar-refractivity contribution >= 4 is 79.5 Å². The Hall–Kier alpha value is -5.49. The number of ether oxygens (including phenoxy) is 2. The van der Waals surface area contributed by atoms with Gasteiger partial charge in [-0.25, -0.2) is 4.39 Å². The number of benzene rings is 2. The average Bonchev–Trinajstić information content (AvgIpc) is 3.77. The van der Waals surface area contributed by atoms with E-state index in [1.165, 1.54) is 39.5 Å². The minimum absolute atomic E-state index is 0. The first kappa shape index (κ1) is 39.9. The molecule has 51 heavy (non-hydrogen) atoms. The number of methoxy groups -OCH3 is 2. The van der Waals surface area contributed by atoms with E-state index in [-0.39, 0.29) is 37.6 Å². The molecule has 6 aromatic rings. The Balaban J connectivity index is 0.000000245. The lowest BCUT2D eigenvalue weighted by Gasteiger charge is -2.10. The highest BCUT2D eigenvalue weighted by Gasteiger charge is 2.17. The van der Waals surface area contributed by atoms with Crippen LogP contribution in [0.2, 0.25) is 0 Å². The number of halogens is 2. The quantitative estimate of drug-likeness (QED) is 0.0949. The van der Waals surface area contributed by atoms with E-state index in [2.05, 4.69) is 20.7 Å². The van der Waals surface area contributed by atoms with Crippen molar-refractivity contribution in [3.05, 3.63) is 80.0 Å². The molecule has 0 amide bonds. The van der Waals surface area contributed by atoms with Gasteiger partial charge in [-0.3, -0.25) is 14.0 Å². The van der Waals surface area contributed by atoms with E-state index in [9.17, 15) is 23.2 Å². The SMILES string of the molecule is C.CCC[18F].COc1ccc(-n2nc(N)c3csc(N[B]C=O)c3c2=O)cc1.COc1ccc(-n2nc(NCC[18F])c3csc(N)c3c2=O)cc1. The third-order valence-corrected chi connectivity index (χ3v) is 8.58. The maximum atomic E-state index is 12.8. The molecule has 6 N–H and O–H groups in total.